The first-order valence-electron chi connectivity index (χ1n) is 12.1. The molecule has 0 fully saturated rings. The van der Waals surface area contributed by atoms with Crippen molar-refractivity contribution in [1.29, 1.82) is 0 Å². The first-order chi connectivity index (χ1) is 16.5. The molecule has 0 bridgehead atoms. The van der Waals surface area contributed by atoms with E-state index < -0.39 is 0 Å². The first-order valence-corrected chi connectivity index (χ1v) is 12.1. The summed E-state index contributed by atoms with van der Waals surface area (Å²) in [6.45, 7) is 2.06. The zero-order valence-electron chi connectivity index (χ0n) is 19.6. The fraction of sp³-hybridized carbons (Fsp3) is 0.538. The van der Waals surface area contributed by atoms with Crippen LogP contribution in [0.15, 0.2) is 24.3 Å². The Morgan fingerprint density at radius 2 is 0.853 bits per heavy atom. The summed E-state index contributed by atoms with van der Waals surface area (Å²) in [5.41, 5.74) is 1.41. The molecule has 1 aliphatic rings. The van der Waals surface area contributed by atoms with Gasteiger partial charge in [0.05, 0.1) is 26.4 Å². The molecule has 0 aliphatic carbocycles. The summed E-state index contributed by atoms with van der Waals surface area (Å²) in [6.07, 6.45) is 7.29. The zero-order chi connectivity index (χ0) is 24.2. The number of rotatable bonds is 0. The van der Waals surface area contributed by atoms with Crippen LogP contribution in [-0.2, 0) is 22.3 Å². The fourth-order valence-electron chi connectivity index (χ4n) is 4.05. The van der Waals surface area contributed by atoms with Gasteiger partial charge in [-0.05, 0) is 25.7 Å². The van der Waals surface area contributed by atoms with Crippen LogP contribution in [0.25, 0.3) is 0 Å². The predicted octanol–water partition coefficient (Wildman–Crippen LogP) is 4.44. The Bertz CT molecular complexity index is 825. The topological polar surface area (TPSA) is 118 Å². The number of hydrogen-bond donors (Lipinski definition) is 4. The van der Waals surface area contributed by atoms with Crippen LogP contribution in [0.3, 0.4) is 0 Å². The lowest BCUT2D eigenvalue weighted by Crippen LogP contribution is -2.14. The lowest BCUT2D eigenvalue weighted by molar-refractivity contribution is 0.0271. The molecule has 0 radical (unpaired) electrons. The molecule has 0 amide bonds. The number of phenolic OH excluding ortho intramolecular Hbond substituents is 4. The molecule has 0 saturated heterocycles. The highest BCUT2D eigenvalue weighted by Gasteiger charge is 2.13. The Balaban J connectivity index is 1.58. The van der Waals surface area contributed by atoms with Crippen molar-refractivity contribution in [3.05, 3.63) is 35.4 Å². The van der Waals surface area contributed by atoms with Crippen LogP contribution >= 0.6 is 0 Å². The molecule has 2 aromatic rings. The summed E-state index contributed by atoms with van der Waals surface area (Å²) >= 11 is 0. The van der Waals surface area contributed by atoms with Gasteiger partial charge in [0.2, 0.25) is 0 Å². The minimum atomic E-state index is -0.0305. The Labute approximate surface area is 200 Å². The van der Waals surface area contributed by atoms with Crippen molar-refractivity contribution in [3.8, 4) is 34.5 Å². The Morgan fingerprint density at radius 1 is 0.471 bits per heavy atom. The van der Waals surface area contributed by atoms with Gasteiger partial charge in [-0.1, -0.05) is 25.7 Å². The lowest BCUT2D eigenvalue weighted by Gasteiger charge is -2.15. The van der Waals surface area contributed by atoms with E-state index in [-0.39, 0.29) is 23.0 Å². The average molecular weight is 477 g/mol. The predicted molar refractivity (Wildman–Crippen MR) is 127 cm³/mol. The smallest absolute Gasteiger partial charge is 0.129 e. The van der Waals surface area contributed by atoms with Gasteiger partial charge in [0, 0.05) is 35.4 Å². The van der Waals surface area contributed by atoms with Crippen LogP contribution in [0.5, 0.6) is 34.5 Å². The van der Waals surface area contributed by atoms with Crippen molar-refractivity contribution < 1.29 is 39.4 Å². The van der Waals surface area contributed by atoms with Crippen molar-refractivity contribution in [2.75, 3.05) is 39.6 Å². The van der Waals surface area contributed by atoms with E-state index in [0.29, 0.717) is 75.1 Å². The maximum absolute atomic E-state index is 10.3. The molecule has 4 N–H and O–H groups in total. The molecule has 0 aromatic heterocycles. The molecule has 34 heavy (non-hydrogen) atoms. The summed E-state index contributed by atoms with van der Waals surface area (Å²) in [4.78, 5) is 0. The van der Waals surface area contributed by atoms with Crippen LogP contribution < -0.4 is 9.47 Å². The standard InChI is InChI=1S/C26H36O8/c27-19-15-23(29)21-7-5-3-1-2-4-6-8-22-24(30)16-20(28)18-26(22)34-14-12-32-10-9-31-11-13-33-25(21)17-19/h15-18,27-30H,1-14H2. The number of benzene rings is 2. The summed E-state index contributed by atoms with van der Waals surface area (Å²) in [5, 5.41) is 40.2. The summed E-state index contributed by atoms with van der Waals surface area (Å²) in [6, 6.07) is 5.75. The molecular formula is C26H36O8. The van der Waals surface area contributed by atoms with Gasteiger partial charge in [-0.2, -0.15) is 0 Å². The monoisotopic (exact) mass is 476 g/mol. The van der Waals surface area contributed by atoms with E-state index in [4.69, 9.17) is 18.9 Å². The minimum Gasteiger partial charge on any atom is -0.508 e. The van der Waals surface area contributed by atoms with Gasteiger partial charge in [-0.25, -0.2) is 0 Å². The van der Waals surface area contributed by atoms with Gasteiger partial charge in [0.15, 0.2) is 0 Å². The fourth-order valence-corrected chi connectivity index (χ4v) is 4.05. The van der Waals surface area contributed by atoms with Gasteiger partial charge in [0.1, 0.15) is 47.7 Å². The average Bonchev–Trinajstić information content (AvgIpc) is 2.78. The number of phenols is 4. The maximum Gasteiger partial charge on any atom is 0.129 e. The molecule has 188 valence electrons. The van der Waals surface area contributed by atoms with Crippen molar-refractivity contribution >= 4 is 0 Å². The van der Waals surface area contributed by atoms with Crippen molar-refractivity contribution in [2.45, 2.75) is 51.4 Å². The second-order valence-corrected chi connectivity index (χ2v) is 8.43. The van der Waals surface area contributed by atoms with Crippen LogP contribution in [0, 0.1) is 0 Å². The van der Waals surface area contributed by atoms with Crippen molar-refractivity contribution in [2.24, 2.45) is 0 Å². The minimum absolute atomic E-state index is 0.0305. The third-order valence-corrected chi connectivity index (χ3v) is 5.79. The summed E-state index contributed by atoms with van der Waals surface area (Å²) in [7, 11) is 0. The number of fused-ring (bicyclic) bond motifs is 2. The number of hydrogen-bond acceptors (Lipinski definition) is 8. The van der Waals surface area contributed by atoms with Gasteiger partial charge >= 0.3 is 0 Å². The highest BCUT2D eigenvalue weighted by Crippen LogP contribution is 2.35. The summed E-state index contributed by atoms with van der Waals surface area (Å²) in [5.74, 6) is 1.01. The molecule has 1 heterocycles. The van der Waals surface area contributed by atoms with E-state index in [9.17, 15) is 20.4 Å². The molecule has 0 unspecified atom stereocenters. The van der Waals surface area contributed by atoms with Crippen LogP contribution in [0.4, 0.5) is 0 Å². The SMILES string of the molecule is Oc1cc(O)c2c(c1)OCCOCCOCCOc1cc(O)cc(O)c1CCCCCCCC2. The van der Waals surface area contributed by atoms with Gasteiger partial charge in [0.25, 0.3) is 0 Å². The molecule has 8 nitrogen and oxygen atoms in total. The maximum atomic E-state index is 10.3. The van der Waals surface area contributed by atoms with Gasteiger partial charge in [-0.3, -0.25) is 0 Å². The van der Waals surface area contributed by atoms with E-state index in [1.54, 1.807) is 0 Å². The molecule has 1 aliphatic heterocycles. The van der Waals surface area contributed by atoms with Crippen LogP contribution in [-0.4, -0.2) is 60.1 Å². The Hall–Kier alpha value is -2.84. The molecule has 0 spiro atoms. The lowest BCUT2D eigenvalue weighted by atomic mass is 10.0. The second kappa shape index (κ2) is 13.8. The van der Waals surface area contributed by atoms with E-state index in [0.717, 1.165) is 38.5 Å². The third-order valence-electron chi connectivity index (χ3n) is 5.79. The van der Waals surface area contributed by atoms with Gasteiger partial charge < -0.3 is 39.4 Å². The largest absolute Gasteiger partial charge is 0.508 e. The Morgan fingerprint density at radius 3 is 1.29 bits per heavy atom. The van der Waals surface area contributed by atoms with Gasteiger partial charge in [-0.15, -0.1) is 0 Å². The highest BCUT2D eigenvalue weighted by molar-refractivity contribution is 5.50. The Kier molecular flexibility index (Phi) is 10.4. The van der Waals surface area contributed by atoms with E-state index >= 15 is 0 Å². The second-order valence-electron chi connectivity index (χ2n) is 8.43. The van der Waals surface area contributed by atoms with E-state index in [1.807, 2.05) is 0 Å². The first kappa shape index (κ1) is 25.8. The van der Waals surface area contributed by atoms with E-state index in [2.05, 4.69) is 0 Å². The molecule has 3 rings (SSSR count). The number of ether oxygens (including phenoxy) is 4. The van der Waals surface area contributed by atoms with Crippen LogP contribution in [0.2, 0.25) is 0 Å². The van der Waals surface area contributed by atoms with Crippen molar-refractivity contribution in [1.82, 2.24) is 0 Å². The third kappa shape index (κ3) is 8.18. The normalized spacial score (nSPS) is 17.6. The molecule has 8 heteroatoms. The highest BCUT2D eigenvalue weighted by atomic mass is 16.6. The zero-order valence-corrected chi connectivity index (χ0v) is 19.6. The molecule has 0 saturated carbocycles. The van der Waals surface area contributed by atoms with Crippen molar-refractivity contribution in [3.63, 3.8) is 0 Å². The number of aromatic hydroxyl groups is 4. The quantitative estimate of drug-likeness (QED) is 0.441. The summed E-state index contributed by atoms with van der Waals surface area (Å²) < 4.78 is 22.6. The van der Waals surface area contributed by atoms with Crippen LogP contribution in [0.1, 0.15) is 49.7 Å². The molecule has 0 atom stereocenters. The molecular weight excluding hydrogens is 440 g/mol. The van der Waals surface area contributed by atoms with E-state index in [1.165, 1.54) is 24.3 Å². The molecule has 2 aromatic carbocycles.